The molecule has 1 amide bonds. The van der Waals surface area contributed by atoms with Crippen LogP contribution in [0, 0.1) is 5.92 Å². The predicted molar refractivity (Wildman–Crippen MR) is 96.5 cm³/mol. The summed E-state index contributed by atoms with van der Waals surface area (Å²) in [5.74, 6) is -1.24. The molecule has 2 aromatic rings. The highest BCUT2D eigenvalue weighted by atomic mass is 19.4. The van der Waals surface area contributed by atoms with Gasteiger partial charge in [-0.1, -0.05) is 35.8 Å². The van der Waals surface area contributed by atoms with E-state index in [4.69, 9.17) is 4.74 Å². The number of hydrogen-bond acceptors (Lipinski definition) is 5. The third-order valence-corrected chi connectivity index (χ3v) is 5.47. The van der Waals surface area contributed by atoms with Crippen molar-refractivity contribution in [2.45, 2.75) is 50.9 Å². The standard InChI is InChI=1S/C20H22F3N3O3/c21-20(22,23)19-24-17(25-29-19)14-8-6-13(7-9-14)11-26(12-16-5-2-10-28-16)18(27)15-3-1-4-15/h6-9,15-16H,1-5,10-12H2. The zero-order valence-electron chi connectivity index (χ0n) is 15.8. The molecule has 2 heterocycles. The average Bonchev–Trinajstić information content (AvgIpc) is 3.32. The van der Waals surface area contributed by atoms with Crippen LogP contribution in [0.15, 0.2) is 28.8 Å². The molecule has 2 fully saturated rings. The Hall–Kier alpha value is -2.42. The van der Waals surface area contributed by atoms with E-state index < -0.39 is 12.1 Å². The summed E-state index contributed by atoms with van der Waals surface area (Å²) in [5, 5.41) is 3.39. The first kappa shape index (κ1) is 19.9. The van der Waals surface area contributed by atoms with Crippen molar-refractivity contribution in [3.63, 3.8) is 0 Å². The molecule has 29 heavy (non-hydrogen) atoms. The van der Waals surface area contributed by atoms with E-state index >= 15 is 0 Å². The van der Waals surface area contributed by atoms with Crippen molar-refractivity contribution >= 4 is 5.91 Å². The highest BCUT2D eigenvalue weighted by molar-refractivity contribution is 5.79. The van der Waals surface area contributed by atoms with Gasteiger partial charge in [-0.2, -0.15) is 18.2 Å². The minimum atomic E-state index is -4.67. The Bertz CT molecular complexity index is 841. The Morgan fingerprint density at radius 2 is 1.90 bits per heavy atom. The van der Waals surface area contributed by atoms with E-state index in [1.807, 2.05) is 4.90 Å². The van der Waals surface area contributed by atoms with Gasteiger partial charge in [0.25, 0.3) is 0 Å². The Balaban J connectivity index is 1.46. The smallest absolute Gasteiger partial charge is 0.376 e. The van der Waals surface area contributed by atoms with Crippen molar-refractivity contribution in [3.8, 4) is 11.4 Å². The molecule has 1 aromatic carbocycles. The van der Waals surface area contributed by atoms with Crippen molar-refractivity contribution in [2.24, 2.45) is 5.92 Å². The largest absolute Gasteiger partial charge is 0.471 e. The zero-order chi connectivity index (χ0) is 20.4. The molecule has 9 heteroatoms. The molecular formula is C20H22F3N3O3. The summed E-state index contributed by atoms with van der Waals surface area (Å²) in [6, 6.07) is 6.82. The average molecular weight is 409 g/mol. The number of carbonyl (C=O) groups excluding carboxylic acids is 1. The Labute approximate surface area is 166 Å². The Kier molecular flexibility index (Phi) is 5.58. The van der Waals surface area contributed by atoms with Crippen LogP contribution in [0.3, 0.4) is 0 Å². The van der Waals surface area contributed by atoms with Gasteiger partial charge in [-0.15, -0.1) is 0 Å². The zero-order valence-corrected chi connectivity index (χ0v) is 15.8. The summed E-state index contributed by atoms with van der Waals surface area (Å²) in [4.78, 5) is 18.1. The number of amides is 1. The summed E-state index contributed by atoms with van der Waals surface area (Å²) in [5.41, 5.74) is 1.31. The van der Waals surface area contributed by atoms with Crippen molar-refractivity contribution in [3.05, 3.63) is 35.7 Å². The van der Waals surface area contributed by atoms with E-state index in [2.05, 4.69) is 14.7 Å². The third-order valence-electron chi connectivity index (χ3n) is 5.47. The molecule has 1 atom stereocenters. The molecule has 4 rings (SSSR count). The maximum absolute atomic E-state index is 12.8. The molecule has 1 saturated carbocycles. The van der Waals surface area contributed by atoms with Crippen LogP contribution in [0.2, 0.25) is 0 Å². The normalized spacial score (nSPS) is 19.9. The van der Waals surface area contributed by atoms with Crippen molar-refractivity contribution in [2.75, 3.05) is 13.2 Å². The lowest BCUT2D eigenvalue weighted by molar-refractivity contribution is -0.159. The van der Waals surface area contributed by atoms with Gasteiger partial charge >= 0.3 is 12.1 Å². The molecule has 0 radical (unpaired) electrons. The highest BCUT2D eigenvalue weighted by Crippen LogP contribution is 2.31. The maximum Gasteiger partial charge on any atom is 0.471 e. The molecule has 1 unspecified atom stereocenters. The summed E-state index contributed by atoms with van der Waals surface area (Å²) >= 11 is 0. The fraction of sp³-hybridized carbons (Fsp3) is 0.550. The van der Waals surface area contributed by atoms with Gasteiger partial charge in [0.1, 0.15) is 0 Å². The molecular weight excluding hydrogens is 387 g/mol. The molecule has 0 bridgehead atoms. The van der Waals surface area contributed by atoms with Gasteiger partial charge < -0.3 is 14.2 Å². The van der Waals surface area contributed by atoms with Gasteiger partial charge in [-0.05, 0) is 31.2 Å². The molecule has 1 aromatic heterocycles. The lowest BCUT2D eigenvalue weighted by Crippen LogP contribution is -2.42. The van der Waals surface area contributed by atoms with E-state index in [-0.39, 0.29) is 23.8 Å². The van der Waals surface area contributed by atoms with Crippen molar-refractivity contribution in [1.29, 1.82) is 0 Å². The van der Waals surface area contributed by atoms with E-state index in [1.54, 1.807) is 24.3 Å². The second-order valence-corrected chi connectivity index (χ2v) is 7.60. The summed E-state index contributed by atoms with van der Waals surface area (Å²) in [6.07, 6.45) is 0.304. The van der Waals surface area contributed by atoms with Gasteiger partial charge in [0, 0.05) is 31.2 Å². The number of ether oxygens (including phenoxy) is 1. The second-order valence-electron chi connectivity index (χ2n) is 7.60. The molecule has 156 valence electrons. The maximum atomic E-state index is 12.8. The number of alkyl halides is 3. The topological polar surface area (TPSA) is 68.5 Å². The molecule has 6 nitrogen and oxygen atoms in total. The van der Waals surface area contributed by atoms with Crippen LogP contribution in [0.1, 0.15) is 43.6 Å². The van der Waals surface area contributed by atoms with E-state index in [0.29, 0.717) is 18.7 Å². The van der Waals surface area contributed by atoms with Crippen LogP contribution in [0.25, 0.3) is 11.4 Å². The molecule has 1 aliphatic carbocycles. The minimum absolute atomic E-state index is 0.0680. The van der Waals surface area contributed by atoms with Crippen molar-refractivity contribution < 1.29 is 27.2 Å². The van der Waals surface area contributed by atoms with Crippen molar-refractivity contribution in [1.82, 2.24) is 15.0 Å². The Morgan fingerprint density at radius 1 is 1.14 bits per heavy atom. The van der Waals surface area contributed by atoms with E-state index in [1.165, 1.54) is 0 Å². The van der Waals surface area contributed by atoms with E-state index in [9.17, 15) is 18.0 Å². The third kappa shape index (κ3) is 4.60. The van der Waals surface area contributed by atoms with Gasteiger partial charge in [-0.25, -0.2) is 0 Å². The number of benzene rings is 1. The second kappa shape index (κ2) is 8.14. The number of nitrogens with zero attached hydrogens (tertiary/aromatic N) is 3. The molecule has 0 N–H and O–H groups in total. The summed E-state index contributed by atoms with van der Waals surface area (Å²) in [7, 11) is 0. The van der Waals surface area contributed by atoms with Gasteiger partial charge in [0.15, 0.2) is 0 Å². The quantitative estimate of drug-likeness (QED) is 0.720. The molecule has 2 aliphatic rings. The number of aromatic nitrogens is 2. The van der Waals surface area contributed by atoms with E-state index in [0.717, 1.165) is 44.3 Å². The van der Waals surface area contributed by atoms with Crippen LogP contribution in [0.4, 0.5) is 13.2 Å². The van der Waals surface area contributed by atoms with Gasteiger partial charge in [0.2, 0.25) is 11.7 Å². The minimum Gasteiger partial charge on any atom is -0.376 e. The fourth-order valence-corrected chi connectivity index (χ4v) is 3.62. The lowest BCUT2D eigenvalue weighted by Gasteiger charge is -2.33. The summed E-state index contributed by atoms with van der Waals surface area (Å²) in [6.45, 7) is 1.74. The van der Waals surface area contributed by atoms with Crippen LogP contribution < -0.4 is 0 Å². The first-order valence-electron chi connectivity index (χ1n) is 9.81. The van der Waals surface area contributed by atoms with Gasteiger partial charge in [0.05, 0.1) is 6.10 Å². The number of carbonyl (C=O) groups is 1. The number of hydrogen-bond donors (Lipinski definition) is 0. The molecule has 1 aliphatic heterocycles. The van der Waals surface area contributed by atoms with Crippen LogP contribution in [-0.4, -0.2) is 40.2 Å². The summed E-state index contributed by atoms with van der Waals surface area (Å²) < 4.78 is 47.8. The van der Waals surface area contributed by atoms with Crippen LogP contribution >= 0.6 is 0 Å². The monoisotopic (exact) mass is 409 g/mol. The predicted octanol–water partition coefficient (Wildman–Crippen LogP) is 4.06. The number of rotatable bonds is 6. The highest BCUT2D eigenvalue weighted by Gasteiger charge is 2.38. The Morgan fingerprint density at radius 3 is 2.45 bits per heavy atom. The SMILES string of the molecule is O=C(C1CCC1)N(Cc1ccc(-c2noc(C(F)(F)F)n2)cc1)CC1CCCO1. The van der Waals surface area contributed by atoms with Crippen LogP contribution in [0.5, 0.6) is 0 Å². The fourth-order valence-electron chi connectivity index (χ4n) is 3.62. The van der Waals surface area contributed by atoms with Gasteiger partial charge in [-0.3, -0.25) is 4.79 Å². The lowest BCUT2D eigenvalue weighted by atomic mass is 9.84. The van der Waals surface area contributed by atoms with Crippen LogP contribution in [-0.2, 0) is 22.3 Å². The first-order chi connectivity index (χ1) is 13.9. The molecule has 0 spiro atoms. The molecule has 1 saturated heterocycles. The first-order valence-corrected chi connectivity index (χ1v) is 9.81. The number of halogens is 3.